The highest BCUT2D eigenvalue weighted by Crippen LogP contribution is 2.37. The quantitative estimate of drug-likeness (QED) is 0.0842. The van der Waals surface area contributed by atoms with E-state index >= 15 is 0 Å². The van der Waals surface area contributed by atoms with Crippen LogP contribution in [0.5, 0.6) is 0 Å². The van der Waals surface area contributed by atoms with E-state index in [0.29, 0.717) is 5.69 Å². The first-order valence-electron chi connectivity index (χ1n) is 18.2. The Balaban J connectivity index is 1.51. The molecule has 0 spiro atoms. The normalized spacial score (nSPS) is 12.7. The fraction of sp³-hybridized carbons (Fsp3) is 0.326. The van der Waals surface area contributed by atoms with Crippen molar-refractivity contribution in [3.8, 4) is 11.1 Å². The van der Waals surface area contributed by atoms with E-state index in [1.54, 1.807) is 57.2 Å². The van der Waals surface area contributed by atoms with Gasteiger partial charge in [-0.05, 0) is 71.6 Å². The van der Waals surface area contributed by atoms with E-state index < -0.39 is 67.5 Å². The summed E-state index contributed by atoms with van der Waals surface area (Å²) >= 11 is 0. The average Bonchev–Trinajstić information content (AvgIpc) is 3.15. The fourth-order valence-corrected chi connectivity index (χ4v) is 10.7. The number of benzene rings is 4. The summed E-state index contributed by atoms with van der Waals surface area (Å²) in [4.78, 5) is 64.4. The van der Waals surface area contributed by atoms with E-state index in [1.165, 1.54) is 14.0 Å². The molecule has 12 nitrogen and oxygen atoms in total. The Morgan fingerprint density at radius 2 is 1.18 bits per heavy atom. The van der Waals surface area contributed by atoms with Gasteiger partial charge in [-0.15, -0.1) is 0 Å². The topological polar surface area (TPSA) is 158 Å². The van der Waals surface area contributed by atoms with Crippen molar-refractivity contribution in [2.45, 2.75) is 71.2 Å². The molecular formula is C43H51N3O9Si. The third-order valence-electron chi connectivity index (χ3n) is 8.77. The van der Waals surface area contributed by atoms with E-state index in [1.807, 2.05) is 72.8 Å². The molecule has 13 heteroatoms. The molecule has 2 unspecified atom stereocenters. The molecule has 3 amide bonds. The fourth-order valence-electron chi connectivity index (χ4n) is 6.16. The molecular weight excluding hydrogens is 731 g/mol. The molecule has 4 aromatic carbocycles. The van der Waals surface area contributed by atoms with E-state index in [2.05, 4.69) is 36.7 Å². The maximum atomic E-state index is 13.8. The molecule has 4 aromatic rings. The molecule has 0 aromatic heterocycles. The Labute approximate surface area is 329 Å². The van der Waals surface area contributed by atoms with Crippen molar-refractivity contribution in [1.29, 1.82) is 0 Å². The Morgan fingerprint density at radius 3 is 1.64 bits per heavy atom. The number of amides is 3. The van der Waals surface area contributed by atoms with Gasteiger partial charge in [0.05, 0.1) is 13.7 Å². The molecule has 0 saturated carbocycles. The van der Waals surface area contributed by atoms with Crippen LogP contribution in [0, 0.1) is 0 Å². The van der Waals surface area contributed by atoms with Crippen LogP contribution in [0.25, 0.3) is 11.1 Å². The third-order valence-corrected chi connectivity index (χ3v) is 13.8. The number of carbonyl (C=O) groups is 5. The van der Waals surface area contributed by atoms with Crippen molar-refractivity contribution in [3.63, 3.8) is 0 Å². The molecule has 296 valence electrons. The molecule has 0 aliphatic heterocycles. The van der Waals surface area contributed by atoms with Crippen LogP contribution in [0.15, 0.2) is 109 Å². The molecule has 0 radical (unpaired) electrons. The standard InChI is InChI=1S/C43H51N3O9Si/c1-29(47)53-27-36(45-38(48)32-21-19-30(20-22-32)31-23-25-33(26-24-31)44-41(51)55-42(2,3)4)39(49)46-37(40(50)52-8)28-54-56(43(5,6)7,34-15-11-9-12-16-34)35-17-13-10-14-18-35/h9-26,36-37H,27-28H2,1-8H3,(H,44,51)(H,45,48)(H,46,49). The van der Waals surface area contributed by atoms with Gasteiger partial charge in [0.1, 0.15) is 24.3 Å². The summed E-state index contributed by atoms with van der Waals surface area (Å²) in [7, 11) is -1.91. The molecule has 0 fully saturated rings. The van der Waals surface area contributed by atoms with E-state index in [4.69, 9.17) is 18.6 Å². The Bertz CT molecular complexity index is 1920. The number of esters is 2. The SMILES string of the molecule is COC(=O)C(CO[Si](c1ccccc1)(c1ccccc1)C(C)(C)C)NC(=O)C(COC(C)=O)NC(=O)c1ccc(-c2ccc(NC(=O)OC(C)(C)C)cc2)cc1. The van der Waals surface area contributed by atoms with Gasteiger partial charge in [0.25, 0.3) is 14.2 Å². The molecule has 2 atom stereocenters. The lowest BCUT2D eigenvalue weighted by molar-refractivity contribution is -0.148. The highest BCUT2D eigenvalue weighted by molar-refractivity contribution is 6.99. The van der Waals surface area contributed by atoms with Crippen LogP contribution in [-0.2, 0) is 33.0 Å². The molecule has 3 N–H and O–H groups in total. The zero-order valence-corrected chi connectivity index (χ0v) is 34.1. The maximum absolute atomic E-state index is 13.8. The van der Waals surface area contributed by atoms with Gasteiger partial charge in [-0.3, -0.25) is 19.7 Å². The second-order valence-electron chi connectivity index (χ2n) is 15.2. The number of anilines is 1. The number of hydrogen-bond acceptors (Lipinski definition) is 9. The second kappa shape index (κ2) is 18.7. The first kappa shape index (κ1) is 42.9. The summed E-state index contributed by atoms with van der Waals surface area (Å²) in [5.41, 5.74) is 1.78. The van der Waals surface area contributed by atoms with Crippen LogP contribution in [0.4, 0.5) is 10.5 Å². The number of methoxy groups -OCH3 is 1. The second-order valence-corrected chi connectivity index (χ2v) is 19.5. The lowest BCUT2D eigenvalue weighted by Gasteiger charge is -2.43. The highest BCUT2D eigenvalue weighted by Gasteiger charge is 2.51. The van der Waals surface area contributed by atoms with Gasteiger partial charge in [0, 0.05) is 18.2 Å². The number of nitrogens with one attached hydrogen (secondary N) is 3. The lowest BCUT2D eigenvalue weighted by Crippen LogP contribution is -2.68. The summed E-state index contributed by atoms with van der Waals surface area (Å²) in [5, 5.41) is 9.55. The summed E-state index contributed by atoms with van der Waals surface area (Å²) in [5.74, 6) is -2.80. The van der Waals surface area contributed by atoms with E-state index in [0.717, 1.165) is 21.5 Å². The lowest BCUT2D eigenvalue weighted by atomic mass is 10.0. The van der Waals surface area contributed by atoms with E-state index in [9.17, 15) is 24.0 Å². The predicted octanol–water partition coefficient (Wildman–Crippen LogP) is 5.60. The predicted molar refractivity (Wildman–Crippen MR) is 217 cm³/mol. The van der Waals surface area contributed by atoms with Crippen LogP contribution < -0.4 is 26.3 Å². The van der Waals surface area contributed by atoms with Gasteiger partial charge in [0.15, 0.2) is 0 Å². The van der Waals surface area contributed by atoms with Crippen LogP contribution in [0.3, 0.4) is 0 Å². The van der Waals surface area contributed by atoms with Crippen molar-refractivity contribution in [1.82, 2.24) is 10.6 Å². The zero-order chi connectivity index (χ0) is 41.1. The zero-order valence-electron chi connectivity index (χ0n) is 33.1. The van der Waals surface area contributed by atoms with Crippen LogP contribution in [0.2, 0.25) is 5.04 Å². The molecule has 0 aliphatic rings. The van der Waals surface area contributed by atoms with Crippen molar-refractivity contribution in [2.24, 2.45) is 0 Å². The van der Waals surface area contributed by atoms with Gasteiger partial charge >= 0.3 is 18.0 Å². The highest BCUT2D eigenvalue weighted by atomic mass is 28.4. The van der Waals surface area contributed by atoms with Gasteiger partial charge in [-0.25, -0.2) is 9.59 Å². The van der Waals surface area contributed by atoms with Crippen molar-refractivity contribution in [3.05, 3.63) is 115 Å². The summed E-state index contributed by atoms with van der Waals surface area (Å²) in [6, 6.07) is 30.8. The smallest absolute Gasteiger partial charge is 0.412 e. The summed E-state index contributed by atoms with van der Waals surface area (Å²) < 4.78 is 22.4. The Kier molecular flexibility index (Phi) is 14.3. The number of carbonyl (C=O) groups excluding carboxylic acids is 5. The van der Waals surface area contributed by atoms with Gasteiger partial charge in [-0.2, -0.15) is 0 Å². The number of rotatable bonds is 14. The van der Waals surface area contributed by atoms with Crippen LogP contribution >= 0.6 is 0 Å². The monoisotopic (exact) mass is 781 g/mol. The molecule has 4 rings (SSSR count). The first-order valence-corrected chi connectivity index (χ1v) is 20.1. The minimum atomic E-state index is -3.12. The largest absolute Gasteiger partial charge is 0.467 e. The molecule has 0 bridgehead atoms. The minimum absolute atomic E-state index is 0.233. The van der Waals surface area contributed by atoms with Gasteiger partial charge in [-0.1, -0.05) is 106 Å². The Hall–Kier alpha value is -5.79. The molecule has 0 aliphatic carbocycles. The third kappa shape index (κ3) is 11.4. The maximum Gasteiger partial charge on any atom is 0.412 e. The van der Waals surface area contributed by atoms with Crippen molar-refractivity contribution in [2.75, 3.05) is 25.6 Å². The number of ether oxygens (including phenoxy) is 3. The minimum Gasteiger partial charge on any atom is -0.467 e. The van der Waals surface area contributed by atoms with E-state index in [-0.39, 0.29) is 12.2 Å². The van der Waals surface area contributed by atoms with Crippen molar-refractivity contribution >= 4 is 54.2 Å². The molecule has 0 saturated heterocycles. The summed E-state index contributed by atoms with van der Waals surface area (Å²) in [6.45, 7) is 12.1. The first-order chi connectivity index (χ1) is 26.4. The number of hydrogen-bond donors (Lipinski definition) is 3. The van der Waals surface area contributed by atoms with Gasteiger partial charge in [0.2, 0.25) is 5.91 Å². The average molecular weight is 782 g/mol. The molecule has 0 heterocycles. The molecule has 56 heavy (non-hydrogen) atoms. The summed E-state index contributed by atoms with van der Waals surface area (Å²) in [6.07, 6.45) is -0.564. The van der Waals surface area contributed by atoms with Crippen molar-refractivity contribution < 1.29 is 42.6 Å². The van der Waals surface area contributed by atoms with Crippen LogP contribution in [0.1, 0.15) is 58.8 Å². The Morgan fingerprint density at radius 1 is 0.661 bits per heavy atom. The van der Waals surface area contributed by atoms with Gasteiger partial charge < -0.3 is 29.3 Å². The van der Waals surface area contributed by atoms with Crippen LogP contribution in [-0.4, -0.2) is 76.2 Å².